The molecule has 34 heavy (non-hydrogen) atoms. The molecule has 3 rings (SSSR count). The number of rotatable bonds is 10. The van der Waals surface area contributed by atoms with Gasteiger partial charge in [0.2, 0.25) is 5.91 Å². The fraction of sp³-hybridized carbons (Fsp3) is 0.348. The molecule has 2 atom stereocenters. The van der Waals surface area contributed by atoms with Crippen LogP contribution >= 0.6 is 0 Å². The van der Waals surface area contributed by atoms with E-state index in [0.29, 0.717) is 0 Å². The minimum Gasteiger partial charge on any atom is -0.480 e. The first-order chi connectivity index (χ1) is 16.1. The highest BCUT2D eigenvalue weighted by molar-refractivity contribution is 7.90. The molecule has 0 saturated carbocycles. The van der Waals surface area contributed by atoms with Crippen LogP contribution in [-0.4, -0.2) is 73.9 Å². The molecule has 0 aromatic heterocycles. The van der Waals surface area contributed by atoms with Crippen LogP contribution in [0.25, 0.3) is 11.1 Å². The number of ether oxygens (including phenoxy) is 1. The lowest BCUT2D eigenvalue weighted by atomic mass is 9.98. The second-order valence-electron chi connectivity index (χ2n) is 8.02. The Labute approximate surface area is 196 Å². The van der Waals surface area contributed by atoms with Crippen molar-refractivity contribution in [2.45, 2.75) is 24.4 Å². The van der Waals surface area contributed by atoms with Crippen LogP contribution in [0.1, 0.15) is 23.5 Å². The zero-order chi connectivity index (χ0) is 24.9. The molecule has 0 saturated heterocycles. The summed E-state index contributed by atoms with van der Waals surface area (Å²) in [6, 6.07) is 12.5. The van der Waals surface area contributed by atoms with Crippen LogP contribution in [0.4, 0.5) is 4.79 Å². The number of carboxylic acid groups (broad SMARTS) is 1. The molecule has 0 aliphatic heterocycles. The molecule has 0 fully saturated rings. The summed E-state index contributed by atoms with van der Waals surface area (Å²) in [6.45, 7) is -0.889. The molecular weight excluding hydrogens is 464 g/mol. The van der Waals surface area contributed by atoms with E-state index in [2.05, 4.69) is 10.6 Å². The van der Waals surface area contributed by atoms with Crippen molar-refractivity contribution in [1.82, 2.24) is 10.6 Å². The van der Waals surface area contributed by atoms with Crippen molar-refractivity contribution >= 4 is 27.8 Å². The highest BCUT2D eigenvalue weighted by atomic mass is 32.2. The fourth-order valence-electron chi connectivity index (χ4n) is 3.84. The Morgan fingerprint density at radius 1 is 0.971 bits per heavy atom. The lowest BCUT2D eigenvalue weighted by Crippen LogP contribution is -2.53. The van der Waals surface area contributed by atoms with Crippen molar-refractivity contribution in [1.29, 1.82) is 0 Å². The predicted octanol–water partition coefficient (Wildman–Crippen LogP) is 0.890. The van der Waals surface area contributed by atoms with E-state index in [0.717, 1.165) is 28.5 Å². The number of aliphatic carboxylic acids is 1. The standard InChI is InChI=1S/C23H26N2O8S/c1-34(31,32)11-10-19(21(27)24-20(12-26)22(28)29)25-23(30)33-13-18-16-8-4-2-6-14(16)15-7-3-5-9-17(15)18/h2-9,18-20,26H,10-13H2,1H3,(H,24,27)(H,25,30)(H,28,29)/t19?,20-/m0/s1. The smallest absolute Gasteiger partial charge is 0.407 e. The van der Waals surface area contributed by atoms with Crippen LogP contribution in [0.3, 0.4) is 0 Å². The Kier molecular flexibility index (Phi) is 7.90. The highest BCUT2D eigenvalue weighted by Gasteiger charge is 2.31. The van der Waals surface area contributed by atoms with Crippen LogP contribution in [0.15, 0.2) is 48.5 Å². The van der Waals surface area contributed by atoms with Gasteiger partial charge in [0.25, 0.3) is 0 Å². The minimum absolute atomic E-state index is 0.0192. The number of aliphatic hydroxyl groups excluding tert-OH is 1. The molecule has 2 amide bonds. The number of hydrogen-bond donors (Lipinski definition) is 4. The van der Waals surface area contributed by atoms with Crippen LogP contribution in [0.2, 0.25) is 0 Å². The van der Waals surface area contributed by atoms with Crippen LogP contribution < -0.4 is 10.6 Å². The van der Waals surface area contributed by atoms with Crippen LogP contribution in [-0.2, 0) is 24.2 Å². The van der Waals surface area contributed by atoms with E-state index in [4.69, 9.17) is 14.9 Å². The summed E-state index contributed by atoms with van der Waals surface area (Å²) in [5.41, 5.74) is 4.08. The number of fused-ring (bicyclic) bond motifs is 3. The average Bonchev–Trinajstić information content (AvgIpc) is 3.11. The Morgan fingerprint density at radius 3 is 2.03 bits per heavy atom. The monoisotopic (exact) mass is 490 g/mol. The van der Waals surface area contributed by atoms with Crippen molar-refractivity contribution in [3.63, 3.8) is 0 Å². The summed E-state index contributed by atoms with van der Waals surface area (Å²) >= 11 is 0. The predicted molar refractivity (Wildman–Crippen MR) is 123 cm³/mol. The number of amides is 2. The van der Waals surface area contributed by atoms with E-state index in [9.17, 15) is 22.8 Å². The Balaban J connectivity index is 1.69. The molecule has 0 spiro atoms. The zero-order valence-electron chi connectivity index (χ0n) is 18.4. The lowest BCUT2D eigenvalue weighted by Gasteiger charge is -2.21. The van der Waals surface area contributed by atoms with Gasteiger partial charge in [-0.1, -0.05) is 48.5 Å². The van der Waals surface area contributed by atoms with Gasteiger partial charge in [-0.2, -0.15) is 0 Å². The third-order valence-corrected chi connectivity index (χ3v) is 6.50. The van der Waals surface area contributed by atoms with E-state index in [1.165, 1.54) is 0 Å². The quantitative estimate of drug-likeness (QED) is 0.382. The molecule has 10 nitrogen and oxygen atoms in total. The minimum atomic E-state index is -3.47. The number of carbonyl (C=O) groups excluding carboxylic acids is 2. The van der Waals surface area contributed by atoms with Crippen LogP contribution in [0, 0.1) is 0 Å². The van der Waals surface area contributed by atoms with Gasteiger partial charge in [0.1, 0.15) is 28.5 Å². The van der Waals surface area contributed by atoms with E-state index >= 15 is 0 Å². The van der Waals surface area contributed by atoms with Crippen molar-refractivity contribution in [3.8, 4) is 11.1 Å². The number of benzene rings is 2. The summed E-state index contributed by atoms with van der Waals surface area (Å²) in [6.07, 6.45) is -0.276. The number of alkyl carbamates (subject to hydrolysis) is 1. The normalized spacial score (nSPS) is 14.4. The topological polar surface area (TPSA) is 159 Å². The summed E-state index contributed by atoms with van der Waals surface area (Å²) in [5, 5.41) is 22.6. The molecule has 11 heteroatoms. The molecular formula is C23H26N2O8S. The van der Waals surface area contributed by atoms with Gasteiger partial charge in [0.15, 0.2) is 0 Å². The van der Waals surface area contributed by atoms with E-state index in [1.54, 1.807) is 0 Å². The number of carboxylic acids is 1. The average molecular weight is 491 g/mol. The van der Waals surface area contributed by atoms with E-state index in [-0.39, 0.29) is 18.9 Å². The molecule has 1 aliphatic rings. The summed E-state index contributed by atoms with van der Waals surface area (Å²) in [4.78, 5) is 36.1. The number of sulfone groups is 1. The fourth-order valence-corrected chi connectivity index (χ4v) is 4.50. The summed E-state index contributed by atoms with van der Waals surface area (Å²) < 4.78 is 28.5. The van der Waals surface area contributed by atoms with Gasteiger partial charge in [-0.05, 0) is 28.7 Å². The van der Waals surface area contributed by atoms with Gasteiger partial charge >= 0.3 is 12.1 Å². The maximum absolute atomic E-state index is 12.5. The van der Waals surface area contributed by atoms with E-state index < -0.39 is 52.3 Å². The SMILES string of the molecule is CS(=O)(=O)CCC(NC(=O)OCC1c2ccccc2-c2ccccc21)C(=O)N[C@@H](CO)C(=O)O. The zero-order valence-corrected chi connectivity index (χ0v) is 19.2. The molecule has 0 heterocycles. The molecule has 2 aromatic rings. The Morgan fingerprint density at radius 2 is 1.53 bits per heavy atom. The van der Waals surface area contributed by atoms with Gasteiger partial charge in [-0.15, -0.1) is 0 Å². The van der Waals surface area contributed by atoms with Crippen LogP contribution in [0.5, 0.6) is 0 Å². The summed E-state index contributed by atoms with van der Waals surface area (Å²) in [7, 11) is -3.47. The molecule has 4 N–H and O–H groups in total. The van der Waals surface area contributed by atoms with Crippen molar-refractivity contribution in [2.75, 3.05) is 25.2 Å². The van der Waals surface area contributed by atoms with Gasteiger partial charge in [-0.25, -0.2) is 18.0 Å². The first-order valence-corrected chi connectivity index (χ1v) is 12.6. The largest absolute Gasteiger partial charge is 0.480 e. The highest BCUT2D eigenvalue weighted by Crippen LogP contribution is 2.44. The van der Waals surface area contributed by atoms with E-state index in [1.807, 2.05) is 48.5 Å². The molecule has 1 unspecified atom stereocenters. The van der Waals surface area contributed by atoms with Gasteiger partial charge < -0.3 is 25.6 Å². The molecule has 1 aliphatic carbocycles. The first kappa shape index (κ1) is 25.2. The van der Waals surface area contributed by atoms with Crippen molar-refractivity contribution < 1.29 is 37.8 Å². The number of hydrogen-bond acceptors (Lipinski definition) is 7. The number of aliphatic hydroxyl groups is 1. The summed E-state index contributed by atoms with van der Waals surface area (Å²) in [5.74, 6) is -3.06. The Hall–Kier alpha value is -3.44. The molecule has 182 valence electrons. The van der Waals surface area contributed by atoms with Gasteiger partial charge in [-0.3, -0.25) is 4.79 Å². The number of carbonyl (C=O) groups is 3. The lowest BCUT2D eigenvalue weighted by molar-refractivity contribution is -0.143. The van der Waals surface area contributed by atoms with Crippen molar-refractivity contribution in [2.24, 2.45) is 0 Å². The second-order valence-corrected chi connectivity index (χ2v) is 10.3. The molecule has 2 aromatic carbocycles. The molecule has 0 bridgehead atoms. The third-order valence-electron chi connectivity index (χ3n) is 5.53. The van der Waals surface area contributed by atoms with Gasteiger partial charge in [0, 0.05) is 12.2 Å². The molecule has 0 radical (unpaired) electrons. The third kappa shape index (κ3) is 6.12. The second kappa shape index (κ2) is 10.7. The Bertz CT molecular complexity index is 1140. The first-order valence-electron chi connectivity index (χ1n) is 10.5. The number of nitrogens with one attached hydrogen (secondary N) is 2. The van der Waals surface area contributed by atoms with Crippen molar-refractivity contribution in [3.05, 3.63) is 59.7 Å². The van der Waals surface area contributed by atoms with Gasteiger partial charge in [0.05, 0.1) is 12.4 Å². The maximum Gasteiger partial charge on any atom is 0.407 e. The maximum atomic E-state index is 12.5.